The Labute approximate surface area is 109 Å². The first-order chi connectivity index (χ1) is 8.38. The fraction of sp³-hybridized carbons (Fsp3) is 0.100. The SMILES string of the molecule is FC(F)(F)Oc1cn[nH]c1-c1cccc(Cl)c1Cl. The van der Waals surface area contributed by atoms with Crippen molar-refractivity contribution in [1.82, 2.24) is 10.2 Å². The van der Waals surface area contributed by atoms with E-state index in [0.29, 0.717) is 0 Å². The minimum Gasteiger partial charge on any atom is -0.402 e. The molecule has 0 amide bonds. The second-order valence-corrected chi connectivity index (χ2v) is 4.04. The van der Waals surface area contributed by atoms with Gasteiger partial charge in [0.05, 0.1) is 16.2 Å². The minimum atomic E-state index is -4.80. The highest BCUT2D eigenvalue weighted by Gasteiger charge is 2.33. The zero-order valence-electron chi connectivity index (χ0n) is 8.55. The molecule has 2 aromatic rings. The molecule has 18 heavy (non-hydrogen) atoms. The van der Waals surface area contributed by atoms with Gasteiger partial charge in [-0.25, -0.2) is 0 Å². The molecule has 2 rings (SSSR count). The first kappa shape index (κ1) is 13.0. The topological polar surface area (TPSA) is 37.9 Å². The van der Waals surface area contributed by atoms with E-state index in [4.69, 9.17) is 23.2 Å². The van der Waals surface area contributed by atoms with E-state index in [0.717, 1.165) is 6.20 Å². The molecule has 1 aromatic heterocycles. The Morgan fingerprint density at radius 1 is 1.22 bits per heavy atom. The number of alkyl halides is 3. The summed E-state index contributed by atoms with van der Waals surface area (Å²) in [5, 5.41) is 6.24. The van der Waals surface area contributed by atoms with Gasteiger partial charge in [0.25, 0.3) is 0 Å². The Kier molecular flexibility index (Phi) is 3.41. The number of hydrogen-bond acceptors (Lipinski definition) is 2. The fourth-order valence-electron chi connectivity index (χ4n) is 1.37. The fourth-order valence-corrected chi connectivity index (χ4v) is 1.76. The average Bonchev–Trinajstić information content (AvgIpc) is 2.67. The van der Waals surface area contributed by atoms with Crippen LogP contribution in [0.25, 0.3) is 11.3 Å². The zero-order valence-corrected chi connectivity index (χ0v) is 10.1. The maximum Gasteiger partial charge on any atom is 0.573 e. The van der Waals surface area contributed by atoms with E-state index >= 15 is 0 Å². The van der Waals surface area contributed by atoms with Crippen molar-refractivity contribution < 1.29 is 17.9 Å². The van der Waals surface area contributed by atoms with Crippen LogP contribution in [0.3, 0.4) is 0 Å². The van der Waals surface area contributed by atoms with E-state index in [1.165, 1.54) is 12.1 Å². The second kappa shape index (κ2) is 4.70. The van der Waals surface area contributed by atoms with Crippen LogP contribution in [0.2, 0.25) is 10.0 Å². The lowest BCUT2D eigenvalue weighted by Gasteiger charge is -2.10. The summed E-state index contributed by atoms with van der Waals surface area (Å²) in [6.45, 7) is 0. The molecule has 0 radical (unpaired) electrons. The number of rotatable bonds is 2. The summed E-state index contributed by atoms with van der Waals surface area (Å²) in [7, 11) is 0. The van der Waals surface area contributed by atoms with Gasteiger partial charge in [-0.1, -0.05) is 35.3 Å². The lowest BCUT2D eigenvalue weighted by molar-refractivity contribution is -0.274. The quantitative estimate of drug-likeness (QED) is 0.898. The van der Waals surface area contributed by atoms with E-state index in [1.807, 2.05) is 0 Å². The zero-order chi connectivity index (χ0) is 13.3. The predicted octanol–water partition coefficient (Wildman–Crippen LogP) is 4.28. The molecule has 0 fully saturated rings. The van der Waals surface area contributed by atoms with Crippen molar-refractivity contribution in [3.63, 3.8) is 0 Å². The summed E-state index contributed by atoms with van der Waals surface area (Å²) in [5.41, 5.74) is 0.292. The molecule has 0 unspecified atom stereocenters. The Morgan fingerprint density at radius 2 is 1.94 bits per heavy atom. The van der Waals surface area contributed by atoms with Crippen LogP contribution in [0.15, 0.2) is 24.4 Å². The van der Waals surface area contributed by atoms with Crippen molar-refractivity contribution in [1.29, 1.82) is 0 Å². The number of aromatic amines is 1. The molecule has 0 atom stereocenters. The van der Waals surface area contributed by atoms with Gasteiger partial charge in [-0.2, -0.15) is 5.10 Å². The molecule has 0 spiro atoms. The van der Waals surface area contributed by atoms with Gasteiger partial charge in [-0.15, -0.1) is 13.2 Å². The van der Waals surface area contributed by atoms with E-state index in [9.17, 15) is 13.2 Å². The molecule has 0 bridgehead atoms. The number of hydrogen-bond donors (Lipinski definition) is 1. The summed E-state index contributed by atoms with van der Waals surface area (Å²) in [5.74, 6) is -0.466. The maximum atomic E-state index is 12.2. The molecular weight excluding hydrogens is 292 g/mol. The standard InChI is InChI=1S/C10H5Cl2F3N2O/c11-6-3-1-2-5(8(6)12)9-7(4-16-17-9)18-10(13,14)15/h1-4H,(H,16,17). The maximum absolute atomic E-state index is 12.2. The van der Waals surface area contributed by atoms with E-state index in [1.54, 1.807) is 6.07 Å². The number of aromatic nitrogens is 2. The lowest BCUT2D eigenvalue weighted by Crippen LogP contribution is -2.17. The molecule has 0 aliphatic heterocycles. The molecule has 8 heteroatoms. The summed E-state index contributed by atoms with van der Waals surface area (Å²) in [6, 6.07) is 4.58. The van der Waals surface area contributed by atoms with Gasteiger partial charge in [-0.3, -0.25) is 5.10 Å². The highest BCUT2D eigenvalue weighted by Crippen LogP contribution is 2.38. The number of halogens is 5. The van der Waals surface area contributed by atoms with Crippen molar-refractivity contribution in [2.45, 2.75) is 6.36 Å². The van der Waals surface area contributed by atoms with E-state index in [2.05, 4.69) is 14.9 Å². The van der Waals surface area contributed by atoms with Gasteiger partial charge in [0.2, 0.25) is 0 Å². The van der Waals surface area contributed by atoms with Crippen molar-refractivity contribution in [2.75, 3.05) is 0 Å². The third-order valence-corrected chi connectivity index (χ3v) is 2.87. The Bertz CT molecular complexity index is 568. The number of nitrogens with one attached hydrogen (secondary N) is 1. The largest absolute Gasteiger partial charge is 0.573 e. The lowest BCUT2D eigenvalue weighted by atomic mass is 10.1. The molecule has 0 saturated heterocycles. The van der Waals surface area contributed by atoms with Crippen molar-refractivity contribution >= 4 is 23.2 Å². The van der Waals surface area contributed by atoms with Gasteiger partial charge in [-0.05, 0) is 6.07 Å². The van der Waals surface area contributed by atoms with Crippen LogP contribution >= 0.6 is 23.2 Å². The Morgan fingerprint density at radius 3 is 2.61 bits per heavy atom. The minimum absolute atomic E-state index is 0.0137. The first-order valence-electron chi connectivity index (χ1n) is 4.62. The third kappa shape index (κ3) is 2.70. The van der Waals surface area contributed by atoms with Crippen molar-refractivity contribution in [3.05, 3.63) is 34.4 Å². The average molecular weight is 297 g/mol. The van der Waals surface area contributed by atoms with Crippen LogP contribution in [0.1, 0.15) is 0 Å². The van der Waals surface area contributed by atoms with Crippen molar-refractivity contribution in [3.8, 4) is 17.0 Å². The number of benzene rings is 1. The predicted molar refractivity (Wildman–Crippen MR) is 60.7 cm³/mol. The van der Waals surface area contributed by atoms with Crippen LogP contribution in [-0.2, 0) is 0 Å². The summed E-state index contributed by atoms with van der Waals surface area (Å²) < 4.78 is 40.3. The van der Waals surface area contributed by atoms with E-state index in [-0.39, 0.29) is 21.3 Å². The monoisotopic (exact) mass is 296 g/mol. The van der Waals surface area contributed by atoms with Crippen LogP contribution < -0.4 is 4.74 Å². The molecular formula is C10H5Cl2F3N2O. The van der Waals surface area contributed by atoms with Crippen LogP contribution in [0.4, 0.5) is 13.2 Å². The molecule has 3 nitrogen and oxygen atoms in total. The van der Waals surface area contributed by atoms with Crippen LogP contribution in [-0.4, -0.2) is 16.6 Å². The van der Waals surface area contributed by atoms with Gasteiger partial charge in [0, 0.05) is 5.56 Å². The second-order valence-electron chi connectivity index (χ2n) is 3.26. The van der Waals surface area contributed by atoms with E-state index < -0.39 is 12.1 Å². The summed E-state index contributed by atoms with van der Waals surface area (Å²) in [4.78, 5) is 0. The summed E-state index contributed by atoms with van der Waals surface area (Å²) >= 11 is 11.7. The summed E-state index contributed by atoms with van der Waals surface area (Å²) in [6.07, 6.45) is -3.89. The smallest absolute Gasteiger partial charge is 0.402 e. The molecule has 0 aliphatic carbocycles. The molecule has 96 valence electrons. The van der Waals surface area contributed by atoms with Crippen LogP contribution in [0, 0.1) is 0 Å². The highest BCUT2D eigenvalue weighted by molar-refractivity contribution is 6.43. The normalized spacial score (nSPS) is 11.6. The van der Waals surface area contributed by atoms with Crippen LogP contribution in [0.5, 0.6) is 5.75 Å². The number of nitrogens with zero attached hydrogens (tertiary/aromatic N) is 1. The van der Waals surface area contributed by atoms with Gasteiger partial charge < -0.3 is 4.74 Å². The first-order valence-corrected chi connectivity index (χ1v) is 5.37. The van der Waals surface area contributed by atoms with Gasteiger partial charge in [0.15, 0.2) is 5.75 Å². The highest BCUT2D eigenvalue weighted by atomic mass is 35.5. The van der Waals surface area contributed by atoms with Gasteiger partial charge >= 0.3 is 6.36 Å². The Balaban J connectivity index is 2.46. The van der Waals surface area contributed by atoms with Gasteiger partial charge in [0.1, 0.15) is 5.69 Å². The molecule has 1 aromatic carbocycles. The molecule has 0 aliphatic rings. The molecule has 1 heterocycles. The van der Waals surface area contributed by atoms with Crippen molar-refractivity contribution in [2.24, 2.45) is 0 Å². The third-order valence-electron chi connectivity index (χ3n) is 2.05. The number of ether oxygens (including phenoxy) is 1. The number of H-pyrrole nitrogens is 1. The molecule has 1 N–H and O–H groups in total. The molecule has 0 saturated carbocycles. The Hall–Kier alpha value is -1.40.